The molecule has 0 spiro atoms. The van der Waals surface area contributed by atoms with Gasteiger partial charge in [0.25, 0.3) is 10.1 Å². The maximum Gasteiger partial charge on any atom is 0.283 e. The number of aromatic hydroxyl groups is 2. The molecular formula is C19H12Cl4O5S. The monoisotopic (exact) mass is 492 g/mol. The van der Waals surface area contributed by atoms with Crippen LogP contribution in [0.5, 0.6) is 11.5 Å². The first-order valence-corrected chi connectivity index (χ1v) is 10.9. The van der Waals surface area contributed by atoms with Crippen LogP contribution in [0.25, 0.3) is 0 Å². The normalized spacial score (nSPS) is 13.8. The molecule has 0 aliphatic carbocycles. The van der Waals surface area contributed by atoms with E-state index in [-0.39, 0.29) is 36.8 Å². The third-order valence-electron chi connectivity index (χ3n) is 4.43. The lowest BCUT2D eigenvalue weighted by Crippen LogP contribution is -2.39. The van der Waals surface area contributed by atoms with Crippen molar-refractivity contribution in [1.82, 2.24) is 0 Å². The molecule has 0 radical (unpaired) electrons. The van der Waals surface area contributed by atoms with Gasteiger partial charge in [-0.1, -0.05) is 82.8 Å². The molecule has 0 saturated carbocycles. The summed E-state index contributed by atoms with van der Waals surface area (Å²) in [5, 5.41) is 19.3. The van der Waals surface area contributed by atoms with Crippen molar-refractivity contribution < 1.29 is 23.2 Å². The zero-order chi connectivity index (χ0) is 21.6. The molecule has 3 rings (SSSR count). The van der Waals surface area contributed by atoms with Crippen molar-refractivity contribution in [2.24, 2.45) is 0 Å². The van der Waals surface area contributed by atoms with Gasteiger partial charge < -0.3 is 10.2 Å². The molecule has 0 heterocycles. The summed E-state index contributed by atoms with van der Waals surface area (Å²) in [4.78, 5) is 0. The van der Waals surface area contributed by atoms with Crippen molar-refractivity contribution >= 4 is 56.5 Å². The first-order chi connectivity index (χ1) is 13.5. The Balaban J connectivity index is 2.62. The Morgan fingerprint density at radius 3 is 1.90 bits per heavy atom. The van der Waals surface area contributed by atoms with Crippen molar-refractivity contribution in [3.63, 3.8) is 0 Å². The van der Waals surface area contributed by atoms with E-state index in [1.807, 2.05) is 0 Å². The standard InChI is InChI=1S/C19H12Cl4O5S/c20-13-7-6-11(17(22)18(13)23)19(29(26,27)28,10-4-2-1-3-5-10)12-8-15(24)16(25)9-14(12)21/h1-9,24-25H,(H,26,27,28). The second-order valence-electron chi connectivity index (χ2n) is 6.07. The van der Waals surface area contributed by atoms with Gasteiger partial charge in [0.05, 0.1) is 20.1 Å². The topological polar surface area (TPSA) is 94.8 Å². The number of hydrogen-bond donors (Lipinski definition) is 3. The maximum absolute atomic E-state index is 13.0. The third kappa shape index (κ3) is 3.54. The average molecular weight is 494 g/mol. The number of phenolic OH excluding ortho intramolecular Hbond substituents is 2. The predicted molar refractivity (Wildman–Crippen MR) is 114 cm³/mol. The van der Waals surface area contributed by atoms with E-state index in [0.717, 1.165) is 12.1 Å². The lowest BCUT2D eigenvalue weighted by Gasteiger charge is -2.34. The summed E-state index contributed by atoms with van der Waals surface area (Å²) >= 11 is 24.8. The summed E-state index contributed by atoms with van der Waals surface area (Å²) in [6.07, 6.45) is 0. The van der Waals surface area contributed by atoms with Gasteiger partial charge in [-0.25, -0.2) is 0 Å². The first-order valence-electron chi connectivity index (χ1n) is 7.90. The van der Waals surface area contributed by atoms with Gasteiger partial charge in [-0.2, -0.15) is 8.42 Å². The Morgan fingerprint density at radius 2 is 1.31 bits per heavy atom. The van der Waals surface area contributed by atoms with Crippen LogP contribution in [-0.2, 0) is 14.9 Å². The fourth-order valence-electron chi connectivity index (χ4n) is 3.17. The Bertz CT molecular complexity index is 1190. The lowest BCUT2D eigenvalue weighted by molar-refractivity contribution is 0.402. The molecule has 5 nitrogen and oxygen atoms in total. The van der Waals surface area contributed by atoms with Crippen LogP contribution in [-0.4, -0.2) is 23.2 Å². The van der Waals surface area contributed by atoms with Crippen LogP contribution in [0.15, 0.2) is 54.6 Å². The van der Waals surface area contributed by atoms with Crippen molar-refractivity contribution in [3.05, 3.63) is 91.4 Å². The van der Waals surface area contributed by atoms with Crippen molar-refractivity contribution in [3.8, 4) is 11.5 Å². The Kier molecular flexibility index (Phi) is 5.98. The zero-order valence-electron chi connectivity index (χ0n) is 14.3. The van der Waals surface area contributed by atoms with Crippen LogP contribution >= 0.6 is 46.4 Å². The summed E-state index contributed by atoms with van der Waals surface area (Å²) < 4.78 is 34.0. The van der Waals surface area contributed by atoms with E-state index in [4.69, 9.17) is 46.4 Å². The highest BCUT2D eigenvalue weighted by molar-refractivity contribution is 7.87. The van der Waals surface area contributed by atoms with E-state index in [9.17, 15) is 23.2 Å². The fourth-order valence-corrected chi connectivity index (χ4v) is 5.59. The first kappa shape index (κ1) is 22.0. The van der Waals surface area contributed by atoms with Crippen LogP contribution in [0.1, 0.15) is 16.7 Å². The lowest BCUT2D eigenvalue weighted by atomic mass is 9.83. The van der Waals surface area contributed by atoms with Crippen molar-refractivity contribution in [1.29, 1.82) is 0 Å². The minimum absolute atomic E-state index is 0.0646. The SMILES string of the molecule is O=S(=O)(O)C(c1ccccc1)(c1cc(O)c(O)cc1Cl)c1ccc(Cl)c(Cl)c1Cl. The summed E-state index contributed by atoms with van der Waals surface area (Å²) in [6, 6.07) is 12.1. The van der Waals surface area contributed by atoms with Gasteiger partial charge >= 0.3 is 0 Å². The molecule has 0 bridgehead atoms. The molecule has 3 aromatic carbocycles. The minimum atomic E-state index is -5.05. The van der Waals surface area contributed by atoms with Crippen LogP contribution in [0.2, 0.25) is 20.1 Å². The highest BCUT2D eigenvalue weighted by Crippen LogP contribution is 2.52. The molecule has 10 heteroatoms. The average Bonchev–Trinajstić information content (AvgIpc) is 2.65. The number of hydrogen-bond acceptors (Lipinski definition) is 4. The van der Waals surface area contributed by atoms with E-state index >= 15 is 0 Å². The smallest absolute Gasteiger partial charge is 0.283 e. The van der Waals surface area contributed by atoms with Gasteiger partial charge in [-0.05, 0) is 17.7 Å². The molecule has 3 N–H and O–H groups in total. The molecule has 3 aromatic rings. The van der Waals surface area contributed by atoms with Gasteiger partial charge in [0.15, 0.2) is 16.2 Å². The van der Waals surface area contributed by atoms with Crippen molar-refractivity contribution in [2.75, 3.05) is 0 Å². The predicted octanol–water partition coefficient (Wildman–Crippen LogP) is 5.89. The summed E-state index contributed by atoms with van der Waals surface area (Å²) in [5.41, 5.74) is -0.326. The second kappa shape index (κ2) is 7.87. The number of halogens is 4. The van der Waals surface area contributed by atoms with Gasteiger partial charge in [0.2, 0.25) is 0 Å². The Labute approximate surface area is 186 Å². The summed E-state index contributed by atoms with van der Waals surface area (Å²) in [5.74, 6) is -1.22. The highest BCUT2D eigenvalue weighted by atomic mass is 35.5. The molecule has 0 aliphatic rings. The number of rotatable bonds is 4. The molecule has 1 unspecified atom stereocenters. The summed E-state index contributed by atoms with van der Waals surface area (Å²) in [6.45, 7) is 0. The molecular weight excluding hydrogens is 482 g/mol. The number of phenols is 2. The molecule has 0 aromatic heterocycles. The van der Waals surface area contributed by atoms with Crippen LogP contribution in [0.4, 0.5) is 0 Å². The molecule has 0 aliphatic heterocycles. The van der Waals surface area contributed by atoms with Gasteiger partial charge in [0.1, 0.15) is 0 Å². The zero-order valence-corrected chi connectivity index (χ0v) is 18.1. The number of benzene rings is 3. The molecule has 0 fully saturated rings. The molecule has 0 amide bonds. The second-order valence-corrected chi connectivity index (χ2v) is 9.20. The molecule has 0 saturated heterocycles. The molecule has 29 heavy (non-hydrogen) atoms. The third-order valence-corrected chi connectivity index (χ3v) is 7.48. The quantitative estimate of drug-likeness (QED) is 0.182. The van der Waals surface area contributed by atoms with Gasteiger partial charge in [-0.3, -0.25) is 4.55 Å². The fraction of sp³-hybridized carbons (Fsp3) is 0.0526. The molecule has 152 valence electrons. The van der Waals surface area contributed by atoms with Crippen molar-refractivity contribution in [2.45, 2.75) is 4.75 Å². The van der Waals surface area contributed by atoms with E-state index < -0.39 is 26.4 Å². The summed E-state index contributed by atoms with van der Waals surface area (Å²) in [7, 11) is -5.05. The largest absolute Gasteiger partial charge is 0.504 e. The van der Waals surface area contributed by atoms with E-state index in [2.05, 4.69) is 0 Å². The van der Waals surface area contributed by atoms with Gasteiger partial charge in [0, 0.05) is 17.2 Å². The Hall–Kier alpha value is -1.67. The van der Waals surface area contributed by atoms with E-state index in [1.165, 1.54) is 24.3 Å². The van der Waals surface area contributed by atoms with Crippen LogP contribution < -0.4 is 0 Å². The Morgan fingerprint density at radius 1 is 0.724 bits per heavy atom. The highest BCUT2D eigenvalue weighted by Gasteiger charge is 2.51. The minimum Gasteiger partial charge on any atom is -0.504 e. The maximum atomic E-state index is 13.0. The van der Waals surface area contributed by atoms with Crippen LogP contribution in [0.3, 0.4) is 0 Å². The van der Waals surface area contributed by atoms with Gasteiger partial charge in [-0.15, -0.1) is 0 Å². The van der Waals surface area contributed by atoms with Crippen LogP contribution in [0, 0.1) is 0 Å². The van der Waals surface area contributed by atoms with E-state index in [1.54, 1.807) is 18.2 Å². The molecule has 1 atom stereocenters. The van der Waals surface area contributed by atoms with E-state index in [0.29, 0.717) is 0 Å².